The maximum atomic E-state index is 4.87. The van der Waals surface area contributed by atoms with Gasteiger partial charge in [0.1, 0.15) is 0 Å². The van der Waals surface area contributed by atoms with E-state index in [0.29, 0.717) is 0 Å². The molecule has 2 aliphatic rings. The minimum absolute atomic E-state index is 0. The molecule has 5 aromatic carbocycles. The van der Waals surface area contributed by atoms with Crippen molar-refractivity contribution in [2.24, 2.45) is 0 Å². The number of nitrogens with zero attached hydrogens (tertiary/aromatic N) is 3. The Balaban J connectivity index is 0.00000266. The summed E-state index contributed by atoms with van der Waals surface area (Å²) >= 11 is 8.00. The number of aromatic nitrogens is 1. The second-order valence-electron chi connectivity index (χ2n) is 15.5. The molecule has 0 aliphatic carbocycles. The Kier molecular flexibility index (Phi) is 12.4. The molecule has 6 aromatic rings. The third kappa shape index (κ3) is 7.41. The van der Waals surface area contributed by atoms with Crippen molar-refractivity contribution < 1.29 is 40.2 Å². The number of hydrogen-bond donors (Lipinski definition) is 0. The van der Waals surface area contributed by atoms with Gasteiger partial charge in [-0.05, 0) is 114 Å². The van der Waals surface area contributed by atoms with E-state index in [1.54, 1.807) is 0 Å². The Morgan fingerprint density at radius 3 is 1.82 bits per heavy atom. The fourth-order valence-corrected chi connectivity index (χ4v) is 9.29. The van der Waals surface area contributed by atoms with Crippen molar-refractivity contribution >= 4 is 37.9 Å². The molecule has 1 aromatic heterocycles. The molecule has 0 saturated carbocycles. The molecule has 0 bridgehead atoms. The van der Waals surface area contributed by atoms with E-state index >= 15 is 0 Å². The first-order valence-electron chi connectivity index (χ1n) is 18.4. The SMILES string of the molecule is CC1=CN2C=Cc3c([c-]cc(-c4ccccc4-c4c(C)c(C)c(-c5ccccc5-c5c[c-]c(-c6cc(C(C)(C)C)ccn6)cc5Br)c(C)c4C)c3Br)C2[N-]1.[Ir].[Ir]. The largest absolute Gasteiger partial charge is 0.665 e. The second kappa shape index (κ2) is 16.4. The third-order valence-electron chi connectivity index (χ3n) is 11.2. The van der Waals surface area contributed by atoms with Crippen molar-refractivity contribution in [3.8, 4) is 55.8 Å². The van der Waals surface area contributed by atoms with Gasteiger partial charge in [-0.3, -0.25) is 0 Å². The summed E-state index contributed by atoms with van der Waals surface area (Å²) in [5.74, 6) is 0. The first kappa shape index (κ1) is 42.2. The first-order valence-corrected chi connectivity index (χ1v) is 20.0. The average Bonchev–Trinajstić information content (AvgIpc) is 3.55. The Hall–Kier alpha value is -3.41. The monoisotopic (exact) mass is 1220 g/mol. The van der Waals surface area contributed by atoms with Crippen LogP contribution in [-0.4, -0.2) is 9.88 Å². The molecule has 1 atom stereocenters. The van der Waals surface area contributed by atoms with Crippen molar-refractivity contribution in [1.29, 1.82) is 0 Å². The van der Waals surface area contributed by atoms with Crippen molar-refractivity contribution in [1.82, 2.24) is 9.88 Å². The molecular weight excluding hydrogens is 1170 g/mol. The van der Waals surface area contributed by atoms with E-state index in [0.717, 1.165) is 48.2 Å². The van der Waals surface area contributed by atoms with E-state index in [9.17, 15) is 0 Å². The van der Waals surface area contributed by atoms with Crippen LogP contribution in [0.2, 0.25) is 0 Å². The molecule has 2 aliphatic heterocycles. The number of rotatable bonds is 5. The van der Waals surface area contributed by atoms with Crippen molar-refractivity contribution in [2.75, 3.05) is 0 Å². The number of benzene rings is 5. The van der Waals surface area contributed by atoms with Gasteiger partial charge >= 0.3 is 0 Å². The van der Waals surface area contributed by atoms with Crippen LogP contribution in [0, 0.1) is 39.8 Å². The summed E-state index contributed by atoms with van der Waals surface area (Å²) in [6, 6.07) is 35.4. The maximum absolute atomic E-state index is 4.87. The van der Waals surface area contributed by atoms with Gasteiger partial charge < -0.3 is 15.2 Å². The molecule has 0 spiro atoms. The summed E-state index contributed by atoms with van der Waals surface area (Å²) in [6.45, 7) is 17.8. The standard InChI is InChI=1S/C49H42Br2N3.2Ir/c1-28-27-54-24-22-41-42(48(54)53-28)20-19-40(47(41)51)36-14-10-12-16-39(36)46-31(4)29(2)45(30(3)32(46)5)38-15-11-9-13-35(38)37-18-17-33(25-43(37)50)44-26-34(21-23-52-44)49(6,7)8;;/h9-16,18-19,21-27,48H,1-8H3;;/q-3;;. The Morgan fingerprint density at radius 2 is 1.25 bits per heavy atom. The van der Waals surface area contributed by atoms with Crippen LogP contribution in [0.1, 0.15) is 72.8 Å². The van der Waals surface area contributed by atoms with Crippen LogP contribution in [-0.2, 0) is 45.6 Å². The molecule has 1 unspecified atom stereocenters. The van der Waals surface area contributed by atoms with Gasteiger partial charge in [-0.15, -0.1) is 46.1 Å². The molecule has 8 rings (SSSR count). The van der Waals surface area contributed by atoms with E-state index in [-0.39, 0.29) is 51.8 Å². The van der Waals surface area contributed by atoms with Crippen LogP contribution < -0.4 is 0 Å². The van der Waals surface area contributed by atoms with E-state index in [2.05, 4.69) is 195 Å². The number of hydrogen-bond acceptors (Lipinski definition) is 2. The molecule has 3 heterocycles. The molecule has 0 saturated heterocycles. The van der Waals surface area contributed by atoms with Gasteiger partial charge in [0.2, 0.25) is 0 Å². The van der Waals surface area contributed by atoms with E-state index in [1.807, 2.05) is 13.1 Å². The maximum Gasteiger partial charge on any atom is 0.0163 e. The molecule has 3 nitrogen and oxygen atoms in total. The molecule has 2 radical (unpaired) electrons. The van der Waals surface area contributed by atoms with Crippen LogP contribution in [0.5, 0.6) is 0 Å². The Labute approximate surface area is 376 Å². The van der Waals surface area contributed by atoms with Gasteiger partial charge in [-0.1, -0.05) is 146 Å². The van der Waals surface area contributed by atoms with Crippen molar-refractivity contribution in [2.45, 2.75) is 67.0 Å². The van der Waals surface area contributed by atoms with Crippen LogP contribution in [0.4, 0.5) is 0 Å². The van der Waals surface area contributed by atoms with Crippen LogP contribution >= 0.6 is 31.9 Å². The molecule has 56 heavy (non-hydrogen) atoms. The predicted octanol–water partition coefficient (Wildman–Crippen LogP) is 14.6. The third-order valence-corrected chi connectivity index (χ3v) is 12.7. The van der Waals surface area contributed by atoms with E-state index in [4.69, 9.17) is 10.3 Å². The number of allylic oxidation sites excluding steroid dienone is 1. The van der Waals surface area contributed by atoms with Crippen molar-refractivity contribution in [3.63, 3.8) is 0 Å². The van der Waals surface area contributed by atoms with E-state index in [1.165, 1.54) is 61.2 Å². The van der Waals surface area contributed by atoms with Crippen LogP contribution in [0.3, 0.4) is 0 Å². The predicted molar refractivity (Wildman–Crippen MR) is 233 cm³/mol. The molecule has 0 amide bonds. The van der Waals surface area contributed by atoms with E-state index < -0.39 is 0 Å². The van der Waals surface area contributed by atoms with Crippen molar-refractivity contribution in [3.05, 3.63) is 168 Å². The molecule has 288 valence electrons. The normalized spacial score (nSPS) is 14.3. The topological polar surface area (TPSA) is 30.2 Å². The molecule has 7 heteroatoms. The zero-order chi connectivity index (χ0) is 38.1. The second-order valence-corrected chi connectivity index (χ2v) is 17.2. The molecular formula is C49H42Br2Ir2N3-3. The fourth-order valence-electron chi connectivity index (χ4n) is 8.06. The van der Waals surface area contributed by atoms with Gasteiger partial charge in [-0.2, -0.15) is 12.1 Å². The smallest absolute Gasteiger partial charge is 0.0163 e. The average molecular weight is 1220 g/mol. The van der Waals surface area contributed by atoms with Gasteiger partial charge in [0.15, 0.2) is 0 Å². The zero-order valence-electron chi connectivity index (χ0n) is 32.7. The summed E-state index contributed by atoms with van der Waals surface area (Å²) in [5, 5.41) is 4.87. The van der Waals surface area contributed by atoms with Gasteiger partial charge in [0.05, 0.1) is 0 Å². The summed E-state index contributed by atoms with van der Waals surface area (Å²) in [7, 11) is 0. The fraction of sp³-hybridized carbons (Fsp3) is 0.204. The minimum atomic E-state index is -0.0604. The summed E-state index contributed by atoms with van der Waals surface area (Å²) < 4.78 is 2.09. The first-order chi connectivity index (χ1) is 25.8. The number of fused-ring (bicyclic) bond motifs is 3. The summed E-state index contributed by atoms with van der Waals surface area (Å²) in [6.07, 6.45) is 8.22. The molecule has 0 N–H and O–H groups in total. The van der Waals surface area contributed by atoms with Crippen LogP contribution in [0.15, 0.2) is 112 Å². The summed E-state index contributed by atoms with van der Waals surface area (Å²) in [5.41, 5.74) is 21.1. The summed E-state index contributed by atoms with van der Waals surface area (Å²) in [4.78, 5) is 6.86. The quantitative estimate of drug-likeness (QED) is 0.161. The Morgan fingerprint density at radius 1 is 0.696 bits per heavy atom. The Bertz CT molecular complexity index is 2540. The number of pyridine rings is 1. The van der Waals surface area contributed by atoms with Gasteiger partial charge in [0, 0.05) is 46.4 Å². The number of halogens is 2. The van der Waals surface area contributed by atoms with Gasteiger partial charge in [0.25, 0.3) is 0 Å². The van der Waals surface area contributed by atoms with Crippen LogP contribution in [0.25, 0.3) is 67.2 Å². The zero-order valence-corrected chi connectivity index (χ0v) is 40.6. The van der Waals surface area contributed by atoms with Gasteiger partial charge in [-0.25, -0.2) is 0 Å². The minimum Gasteiger partial charge on any atom is -0.665 e. The molecule has 0 fully saturated rings.